The van der Waals surface area contributed by atoms with E-state index in [1.165, 1.54) is 23.1 Å². The minimum absolute atomic E-state index is 0.0170. The van der Waals surface area contributed by atoms with E-state index >= 15 is 0 Å². The molecular formula is C16H20N4O2S2. The number of amides is 2. The number of carbonyl (C=O) groups excluding carboxylic acids is 2. The summed E-state index contributed by atoms with van der Waals surface area (Å²) in [5.41, 5.74) is 0.751. The predicted molar refractivity (Wildman–Crippen MR) is 98.6 cm³/mol. The number of rotatable bonds is 8. The summed E-state index contributed by atoms with van der Waals surface area (Å²) in [5, 5.41) is 14.6. The SMILES string of the molecule is CCCCC(=O)Nc1cccc(SCC(=O)Nc2nnc(C)s2)c1. The molecule has 2 N–H and O–H groups in total. The Morgan fingerprint density at radius 1 is 1.21 bits per heavy atom. The Hall–Kier alpha value is -1.93. The van der Waals surface area contributed by atoms with Crippen LogP contribution < -0.4 is 10.6 Å². The summed E-state index contributed by atoms with van der Waals surface area (Å²) in [5.74, 6) is 0.156. The first kappa shape index (κ1) is 18.4. The van der Waals surface area contributed by atoms with Gasteiger partial charge in [-0.15, -0.1) is 22.0 Å². The quantitative estimate of drug-likeness (QED) is 0.698. The first-order chi connectivity index (χ1) is 11.6. The van der Waals surface area contributed by atoms with Crippen molar-refractivity contribution in [2.24, 2.45) is 0 Å². The average Bonchev–Trinajstić information content (AvgIpc) is 2.96. The van der Waals surface area contributed by atoms with Crippen LogP contribution in [0.15, 0.2) is 29.2 Å². The van der Waals surface area contributed by atoms with Crippen LogP contribution in [0.3, 0.4) is 0 Å². The molecule has 0 aliphatic heterocycles. The lowest BCUT2D eigenvalue weighted by Crippen LogP contribution is -2.14. The maximum absolute atomic E-state index is 11.9. The number of benzene rings is 1. The first-order valence-electron chi connectivity index (χ1n) is 7.69. The number of thioether (sulfide) groups is 1. The van der Waals surface area contributed by atoms with Crippen LogP contribution in [0.2, 0.25) is 0 Å². The lowest BCUT2D eigenvalue weighted by molar-refractivity contribution is -0.116. The Kier molecular flexibility index (Phi) is 7.20. The van der Waals surface area contributed by atoms with Crippen molar-refractivity contribution < 1.29 is 9.59 Å². The molecular weight excluding hydrogens is 344 g/mol. The summed E-state index contributed by atoms with van der Waals surface area (Å²) in [7, 11) is 0. The third kappa shape index (κ3) is 6.29. The summed E-state index contributed by atoms with van der Waals surface area (Å²) >= 11 is 2.75. The molecule has 0 fully saturated rings. The van der Waals surface area contributed by atoms with Crippen LogP contribution in [0.25, 0.3) is 0 Å². The zero-order valence-corrected chi connectivity index (χ0v) is 15.3. The summed E-state index contributed by atoms with van der Waals surface area (Å²) in [6.45, 7) is 3.89. The fourth-order valence-corrected chi connectivity index (χ4v) is 3.24. The zero-order valence-electron chi connectivity index (χ0n) is 13.7. The fourth-order valence-electron chi connectivity index (χ4n) is 1.88. The van der Waals surface area contributed by atoms with E-state index in [0.717, 1.165) is 28.4 Å². The summed E-state index contributed by atoms with van der Waals surface area (Å²) in [6, 6.07) is 7.49. The van der Waals surface area contributed by atoms with Crippen molar-refractivity contribution in [3.63, 3.8) is 0 Å². The van der Waals surface area contributed by atoms with Crippen LogP contribution in [0.5, 0.6) is 0 Å². The number of aromatic nitrogens is 2. The van der Waals surface area contributed by atoms with Crippen molar-refractivity contribution in [2.75, 3.05) is 16.4 Å². The van der Waals surface area contributed by atoms with Gasteiger partial charge in [0.15, 0.2) is 0 Å². The molecule has 1 aromatic carbocycles. The van der Waals surface area contributed by atoms with Gasteiger partial charge in [0.05, 0.1) is 5.75 Å². The van der Waals surface area contributed by atoms with Crippen molar-refractivity contribution in [1.29, 1.82) is 0 Å². The molecule has 0 aliphatic carbocycles. The van der Waals surface area contributed by atoms with E-state index in [2.05, 4.69) is 27.8 Å². The summed E-state index contributed by atoms with van der Waals surface area (Å²) in [6.07, 6.45) is 2.40. The van der Waals surface area contributed by atoms with Crippen LogP contribution in [0.4, 0.5) is 10.8 Å². The monoisotopic (exact) mass is 364 g/mol. The number of nitrogens with zero attached hydrogens (tertiary/aromatic N) is 2. The largest absolute Gasteiger partial charge is 0.326 e. The van der Waals surface area contributed by atoms with E-state index in [1.807, 2.05) is 31.2 Å². The predicted octanol–water partition coefficient (Wildman–Crippen LogP) is 3.71. The fraction of sp³-hybridized carbons (Fsp3) is 0.375. The van der Waals surface area contributed by atoms with Gasteiger partial charge in [-0.05, 0) is 31.5 Å². The molecule has 2 amide bonds. The van der Waals surface area contributed by atoms with Crippen molar-refractivity contribution in [3.05, 3.63) is 29.3 Å². The Balaban J connectivity index is 1.83. The molecule has 1 heterocycles. The minimum atomic E-state index is -0.131. The molecule has 0 saturated carbocycles. The lowest BCUT2D eigenvalue weighted by atomic mass is 10.2. The molecule has 6 nitrogen and oxygen atoms in total. The Labute approximate surface area is 149 Å². The molecule has 0 aliphatic rings. The highest BCUT2D eigenvalue weighted by Gasteiger charge is 2.08. The summed E-state index contributed by atoms with van der Waals surface area (Å²) < 4.78 is 0. The molecule has 8 heteroatoms. The number of hydrogen-bond donors (Lipinski definition) is 2. The van der Waals surface area contributed by atoms with Gasteiger partial charge in [0.25, 0.3) is 0 Å². The van der Waals surface area contributed by atoms with Gasteiger partial charge < -0.3 is 5.32 Å². The van der Waals surface area contributed by atoms with Crippen LogP contribution in [0, 0.1) is 6.92 Å². The molecule has 128 valence electrons. The molecule has 0 atom stereocenters. The molecule has 0 radical (unpaired) electrons. The van der Waals surface area contributed by atoms with Crippen LogP contribution in [-0.4, -0.2) is 27.8 Å². The van der Waals surface area contributed by atoms with E-state index in [0.29, 0.717) is 11.6 Å². The van der Waals surface area contributed by atoms with Crippen LogP contribution in [-0.2, 0) is 9.59 Å². The molecule has 2 aromatic rings. The molecule has 24 heavy (non-hydrogen) atoms. The number of carbonyl (C=O) groups is 2. The van der Waals surface area contributed by atoms with Crippen molar-refractivity contribution in [1.82, 2.24) is 10.2 Å². The van der Waals surface area contributed by atoms with Gasteiger partial charge >= 0.3 is 0 Å². The molecule has 2 rings (SSSR count). The number of hydrogen-bond acceptors (Lipinski definition) is 6. The van der Waals surface area contributed by atoms with Gasteiger partial charge in [0.2, 0.25) is 16.9 Å². The average molecular weight is 364 g/mol. The van der Waals surface area contributed by atoms with Crippen LogP contribution in [0.1, 0.15) is 31.2 Å². The van der Waals surface area contributed by atoms with Crippen molar-refractivity contribution in [2.45, 2.75) is 38.0 Å². The lowest BCUT2D eigenvalue weighted by Gasteiger charge is -2.07. The maximum atomic E-state index is 11.9. The normalized spacial score (nSPS) is 10.4. The third-order valence-corrected chi connectivity index (χ3v) is 4.77. The number of aryl methyl sites for hydroxylation is 1. The number of nitrogens with one attached hydrogen (secondary N) is 2. The van der Waals surface area contributed by atoms with E-state index in [9.17, 15) is 9.59 Å². The highest BCUT2D eigenvalue weighted by Crippen LogP contribution is 2.22. The van der Waals surface area contributed by atoms with E-state index in [4.69, 9.17) is 0 Å². The summed E-state index contributed by atoms with van der Waals surface area (Å²) in [4.78, 5) is 24.6. The zero-order chi connectivity index (χ0) is 17.4. The van der Waals surface area contributed by atoms with Crippen LogP contribution >= 0.6 is 23.1 Å². The smallest absolute Gasteiger partial charge is 0.236 e. The van der Waals surface area contributed by atoms with Gasteiger partial charge in [-0.2, -0.15) is 0 Å². The van der Waals surface area contributed by atoms with E-state index < -0.39 is 0 Å². The standard InChI is InChI=1S/C16H20N4O2S2/c1-3-4-8-14(21)17-12-6-5-7-13(9-12)23-10-15(22)18-16-20-19-11(2)24-16/h5-7,9H,3-4,8,10H2,1-2H3,(H,17,21)(H,18,20,22). The second-order valence-corrected chi connectivity index (χ2v) is 7.37. The van der Waals surface area contributed by atoms with Crippen molar-refractivity contribution in [3.8, 4) is 0 Å². The number of anilines is 2. The molecule has 0 spiro atoms. The van der Waals surface area contributed by atoms with Gasteiger partial charge in [-0.1, -0.05) is 30.7 Å². The molecule has 0 bridgehead atoms. The van der Waals surface area contributed by atoms with Crippen molar-refractivity contribution >= 4 is 45.7 Å². The first-order valence-corrected chi connectivity index (χ1v) is 9.49. The maximum Gasteiger partial charge on any atom is 0.236 e. The molecule has 0 saturated heterocycles. The Morgan fingerprint density at radius 2 is 2.04 bits per heavy atom. The van der Waals surface area contributed by atoms with E-state index in [1.54, 1.807) is 0 Å². The van der Waals surface area contributed by atoms with Gasteiger partial charge in [-0.25, -0.2) is 0 Å². The minimum Gasteiger partial charge on any atom is -0.326 e. The van der Waals surface area contributed by atoms with Gasteiger partial charge in [-0.3, -0.25) is 14.9 Å². The molecule has 1 aromatic heterocycles. The van der Waals surface area contributed by atoms with Gasteiger partial charge in [0.1, 0.15) is 5.01 Å². The Morgan fingerprint density at radius 3 is 2.75 bits per heavy atom. The second kappa shape index (κ2) is 9.39. The molecule has 0 unspecified atom stereocenters. The highest BCUT2D eigenvalue weighted by molar-refractivity contribution is 8.00. The topological polar surface area (TPSA) is 84.0 Å². The number of unbranched alkanes of at least 4 members (excludes halogenated alkanes) is 1. The Bertz CT molecular complexity index is 703. The highest BCUT2D eigenvalue weighted by atomic mass is 32.2. The second-order valence-electron chi connectivity index (χ2n) is 5.14. The van der Waals surface area contributed by atoms with E-state index in [-0.39, 0.29) is 17.6 Å². The third-order valence-electron chi connectivity index (χ3n) is 3.02. The van der Waals surface area contributed by atoms with Gasteiger partial charge in [0, 0.05) is 17.0 Å².